The molecule has 262 valence electrons. The first-order chi connectivity index (χ1) is 27.2. The molecule has 0 radical (unpaired) electrons. The molecule has 56 heavy (non-hydrogen) atoms. The largest absolute Gasteiger partial charge is 0.238 e. The zero-order valence-corrected chi connectivity index (χ0v) is 31.8. The van der Waals surface area contributed by atoms with Crippen molar-refractivity contribution in [3.05, 3.63) is 185 Å². The lowest BCUT2D eigenvalue weighted by Crippen LogP contribution is -2.15. The van der Waals surface area contributed by atoms with Crippen molar-refractivity contribution in [3.63, 3.8) is 0 Å². The first-order valence-corrected chi connectivity index (χ1v) is 19.4. The number of nitrogens with zero attached hydrogens (tertiary/aromatic N) is 2. The molecule has 2 aliphatic carbocycles. The first kappa shape index (κ1) is 32.4. The Morgan fingerprint density at radius 2 is 0.857 bits per heavy atom. The van der Waals surface area contributed by atoms with Crippen LogP contribution in [0, 0.1) is 17.9 Å². The number of rotatable bonds is 2. The molecule has 0 fully saturated rings. The van der Waals surface area contributed by atoms with Crippen molar-refractivity contribution < 1.29 is 0 Å². The van der Waals surface area contributed by atoms with Gasteiger partial charge >= 0.3 is 0 Å². The number of fused-ring (bicyclic) bond motifs is 13. The minimum atomic E-state index is -0.326. The summed E-state index contributed by atoms with van der Waals surface area (Å²) in [4.78, 5) is 4.03. The molecule has 0 heterocycles. The van der Waals surface area contributed by atoms with E-state index in [1.807, 2.05) is 12.1 Å². The maximum Gasteiger partial charge on any atom is 0.195 e. The van der Waals surface area contributed by atoms with Gasteiger partial charge < -0.3 is 0 Å². The van der Waals surface area contributed by atoms with Crippen LogP contribution in [0.3, 0.4) is 0 Å². The van der Waals surface area contributed by atoms with Gasteiger partial charge in [-0.25, -0.2) is 4.85 Å². The second-order valence-corrected chi connectivity index (χ2v) is 16.6. The van der Waals surface area contributed by atoms with Crippen LogP contribution in [0.2, 0.25) is 0 Å². The van der Waals surface area contributed by atoms with E-state index in [9.17, 15) is 5.26 Å². The van der Waals surface area contributed by atoms with Crippen molar-refractivity contribution in [2.75, 3.05) is 0 Å². The monoisotopic (exact) mass is 712 g/mol. The third-order valence-electron chi connectivity index (χ3n) is 13.1. The fourth-order valence-electron chi connectivity index (χ4n) is 10.4. The summed E-state index contributed by atoms with van der Waals surface area (Å²) >= 11 is 0. The normalized spacial score (nSPS) is 14.3. The van der Waals surface area contributed by atoms with Crippen LogP contribution in [-0.2, 0) is 10.8 Å². The Hall–Kier alpha value is -7.00. The van der Waals surface area contributed by atoms with Gasteiger partial charge in [-0.1, -0.05) is 143 Å². The molecule has 0 amide bonds. The van der Waals surface area contributed by atoms with E-state index in [1.54, 1.807) is 0 Å². The Labute approximate surface area is 326 Å². The number of hydrogen-bond acceptors (Lipinski definition) is 1. The van der Waals surface area contributed by atoms with Crippen LogP contribution in [-0.4, -0.2) is 0 Å². The summed E-state index contributed by atoms with van der Waals surface area (Å²) < 4.78 is 0. The molecule has 0 aliphatic heterocycles. The molecule has 2 aliphatic rings. The van der Waals surface area contributed by atoms with Crippen LogP contribution in [0.1, 0.15) is 55.5 Å². The highest BCUT2D eigenvalue weighted by molar-refractivity contribution is 6.25. The average molecular weight is 713 g/mol. The van der Waals surface area contributed by atoms with Gasteiger partial charge in [-0.05, 0) is 135 Å². The van der Waals surface area contributed by atoms with E-state index < -0.39 is 0 Å². The SMILES string of the molecule is [C-]#[N+]c1cc2c(c3ccccc13)-c1cc3c(-c4ccccc4)c(-c4ccccc4)c4cc5c(cc4c3cc1C2(C)C)C(C)(C)c1cc(C#N)c2ccccc2c1-5. The van der Waals surface area contributed by atoms with Crippen molar-refractivity contribution in [2.45, 2.75) is 38.5 Å². The van der Waals surface area contributed by atoms with Gasteiger partial charge in [0.15, 0.2) is 5.69 Å². The minimum Gasteiger partial charge on any atom is -0.238 e. The van der Waals surface area contributed by atoms with Crippen LogP contribution >= 0.6 is 0 Å². The van der Waals surface area contributed by atoms with Gasteiger partial charge in [0.2, 0.25) is 0 Å². The molecule has 0 N–H and O–H groups in total. The molecular weight excluding hydrogens is 677 g/mol. The van der Waals surface area contributed by atoms with E-state index in [0.29, 0.717) is 5.69 Å². The molecule has 0 spiro atoms. The molecule has 9 aromatic rings. The van der Waals surface area contributed by atoms with Gasteiger partial charge in [-0.3, -0.25) is 0 Å². The fourth-order valence-corrected chi connectivity index (χ4v) is 10.4. The molecular formula is C54H36N2. The molecule has 0 bridgehead atoms. The van der Waals surface area contributed by atoms with E-state index in [-0.39, 0.29) is 10.8 Å². The molecule has 0 atom stereocenters. The quantitative estimate of drug-likeness (QED) is 0.130. The Bertz CT molecular complexity index is 3070. The topological polar surface area (TPSA) is 28.1 Å². The average Bonchev–Trinajstić information content (AvgIpc) is 3.60. The maximum atomic E-state index is 10.3. The van der Waals surface area contributed by atoms with Gasteiger partial charge in [-0.2, -0.15) is 5.26 Å². The van der Waals surface area contributed by atoms with Gasteiger partial charge in [0, 0.05) is 16.2 Å². The summed E-state index contributed by atoms with van der Waals surface area (Å²) in [6, 6.07) is 55.3. The van der Waals surface area contributed by atoms with Crippen LogP contribution in [0.5, 0.6) is 0 Å². The van der Waals surface area contributed by atoms with Crippen molar-refractivity contribution in [1.29, 1.82) is 5.26 Å². The Balaban J connectivity index is 1.35. The third kappa shape index (κ3) is 4.14. The minimum absolute atomic E-state index is 0.321. The standard InChI is InChI=1S/C54H36N2/c1-53(2)44-27-38-39-28-45-43(52-37-23-15-13-21-35(37)48(56-5)29-47(52)54(45,3)4)26-41(39)50(32-18-10-7-11-19-32)49(31-16-8-6-9-17-31)40(38)25-42(44)51-36-22-14-12-20-34(36)33(30-55)24-46(51)53/h6-29H,1-4H3. The van der Waals surface area contributed by atoms with Crippen molar-refractivity contribution in [1.82, 2.24) is 0 Å². The highest BCUT2D eigenvalue weighted by Crippen LogP contribution is 2.58. The highest BCUT2D eigenvalue weighted by atomic mass is 14.6. The first-order valence-electron chi connectivity index (χ1n) is 19.4. The highest BCUT2D eigenvalue weighted by Gasteiger charge is 2.40. The van der Waals surface area contributed by atoms with E-state index in [0.717, 1.165) is 27.1 Å². The molecule has 2 heteroatoms. The second-order valence-electron chi connectivity index (χ2n) is 16.6. The number of nitriles is 1. The lowest BCUT2D eigenvalue weighted by Gasteiger charge is -2.25. The van der Waals surface area contributed by atoms with Crippen LogP contribution in [0.25, 0.3) is 92.4 Å². The molecule has 9 aromatic carbocycles. The molecule has 0 saturated carbocycles. The molecule has 0 unspecified atom stereocenters. The van der Waals surface area contributed by atoms with Gasteiger partial charge in [0.1, 0.15) is 0 Å². The van der Waals surface area contributed by atoms with E-state index >= 15 is 0 Å². The Morgan fingerprint density at radius 3 is 1.34 bits per heavy atom. The molecule has 0 saturated heterocycles. The zero-order valence-electron chi connectivity index (χ0n) is 31.8. The summed E-state index contributed by atoms with van der Waals surface area (Å²) in [5.74, 6) is 0. The van der Waals surface area contributed by atoms with Gasteiger partial charge in [-0.15, -0.1) is 0 Å². The maximum absolute atomic E-state index is 10.3. The third-order valence-corrected chi connectivity index (χ3v) is 13.1. The lowest BCUT2D eigenvalue weighted by molar-refractivity contribution is 0.661. The molecule has 2 nitrogen and oxygen atoms in total. The number of benzene rings is 9. The summed E-state index contributed by atoms with van der Waals surface area (Å²) in [5, 5.41) is 19.5. The fraction of sp³-hybridized carbons (Fsp3) is 0.111. The molecule has 0 aromatic heterocycles. The molecule has 11 rings (SSSR count). The van der Waals surface area contributed by atoms with Crippen LogP contribution in [0.15, 0.2) is 146 Å². The van der Waals surface area contributed by atoms with E-state index in [4.69, 9.17) is 6.57 Å². The number of hydrogen-bond donors (Lipinski definition) is 0. The lowest BCUT2D eigenvalue weighted by atomic mass is 9.77. The second kappa shape index (κ2) is 11.3. The van der Waals surface area contributed by atoms with Crippen molar-refractivity contribution in [2.24, 2.45) is 0 Å². The van der Waals surface area contributed by atoms with E-state index in [2.05, 4.69) is 172 Å². The Kier molecular flexibility index (Phi) is 6.53. The predicted molar refractivity (Wildman–Crippen MR) is 233 cm³/mol. The van der Waals surface area contributed by atoms with Gasteiger partial charge in [0.05, 0.1) is 18.2 Å². The summed E-state index contributed by atoms with van der Waals surface area (Å²) in [5.41, 5.74) is 15.5. The zero-order chi connectivity index (χ0) is 38.1. The van der Waals surface area contributed by atoms with Crippen molar-refractivity contribution >= 4 is 48.8 Å². The van der Waals surface area contributed by atoms with Gasteiger partial charge in [0.25, 0.3) is 0 Å². The Morgan fingerprint density at radius 1 is 0.429 bits per heavy atom. The van der Waals surface area contributed by atoms with E-state index in [1.165, 1.54) is 88.3 Å². The smallest absolute Gasteiger partial charge is 0.195 e. The summed E-state index contributed by atoms with van der Waals surface area (Å²) in [7, 11) is 0. The van der Waals surface area contributed by atoms with Crippen molar-refractivity contribution in [3.8, 4) is 50.6 Å². The van der Waals surface area contributed by atoms with Crippen LogP contribution in [0.4, 0.5) is 5.69 Å². The predicted octanol–water partition coefficient (Wildman–Crippen LogP) is 14.7. The summed E-state index contributed by atoms with van der Waals surface area (Å²) in [6.45, 7) is 17.4. The van der Waals surface area contributed by atoms with Crippen LogP contribution < -0.4 is 0 Å². The summed E-state index contributed by atoms with van der Waals surface area (Å²) in [6.07, 6.45) is 0.